The van der Waals surface area contributed by atoms with E-state index >= 15 is 4.39 Å². The van der Waals surface area contributed by atoms with E-state index in [9.17, 15) is 4.79 Å². The van der Waals surface area contributed by atoms with Crippen molar-refractivity contribution in [3.8, 4) is 17.0 Å². The lowest BCUT2D eigenvalue weighted by atomic mass is 9.97. The highest BCUT2D eigenvalue weighted by molar-refractivity contribution is 6.00. The first-order valence-electron chi connectivity index (χ1n) is 10.0. The minimum Gasteiger partial charge on any atom is -0.474 e. The number of rotatable bonds is 3. The Labute approximate surface area is 178 Å². The van der Waals surface area contributed by atoms with Gasteiger partial charge in [0.05, 0.1) is 5.69 Å². The maximum Gasteiger partial charge on any atom is 0.237 e. The molecule has 3 aromatic rings. The van der Waals surface area contributed by atoms with Gasteiger partial charge in [-0.3, -0.25) is 4.79 Å². The molecule has 0 unspecified atom stereocenters. The van der Waals surface area contributed by atoms with Crippen molar-refractivity contribution in [1.82, 2.24) is 9.97 Å². The number of hydrogen-bond donors (Lipinski definition) is 4. The number of aromatic nitrogens is 2. The molecule has 1 fully saturated rings. The molecule has 0 saturated heterocycles. The Bertz CT molecular complexity index is 1160. The third kappa shape index (κ3) is 3.84. The summed E-state index contributed by atoms with van der Waals surface area (Å²) in [5.41, 5.74) is 8.69. The van der Waals surface area contributed by atoms with E-state index < -0.39 is 5.82 Å². The summed E-state index contributed by atoms with van der Waals surface area (Å²) in [6.07, 6.45) is 4.91. The zero-order valence-corrected chi connectivity index (χ0v) is 17.3. The summed E-state index contributed by atoms with van der Waals surface area (Å²) >= 11 is 0. The van der Waals surface area contributed by atoms with Crippen molar-refractivity contribution in [2.24, 2.45) is 5.92 Å². The minimum atomic E-state index is -0.518. The Hall–Kier alpha value is -3.46. The Balaban J connectivity index is 0.00000112. The number of ether oxygens (including phenoxy) is 1. The first-order chi connectivity index (χ1) is 15.0. The minimum absolute atomic E-state index is 0.0198. The molecule has 162 valence electrons. The van der Waals surface area contributed by atoms with E-state index in [0.717, 1.165) is 31.2 Å². The number of fused-ring (bicyclic) bond motifs is 2. The highest BCUT2D eigenvalue weighted by atomic mass is 19.1. The second-order valence-electron chi connectivity index (χ2n) is 7.46. The van der Waals surface area contributed by atoms with Crippen LogP contribution in [0.2, 0.25) is 0 Å². The first-order valence-corrected chi connectivity index (χ1v) is 10.0. The second-order valence-corrected chi connectivity index (χ2v) is 7.46. The number of nitrogen functional groups attached to an aromatic ring is 1. The van der Waals surface area contributed by atoms with Crippen LogP contribution in [-0.2, 0) is 4.79 Å². The summed E-state index contributed by atoms with van der Waals surface area (Å²) < 4.78 is 20.7. The van der Waals surface area contributed by atoms with Gasteiger partial charge in [-0.15, -0.1) is 0 Å². The monoisotopic (exact) mass is 425 g/mol. The number of aliphatic hydroxyl groups excluding tert-OH is 1. The van der Waals surface area contributed by atoms with Crippen molar-refractivity contribution in [3.63, 3.8) is 0 Å². The molecule has 0 radical (unpaired) electrons. The van der Waals surface area contributed by atoms with Crippen molar-refractivity contribution >= 4 is 33.9 Å². The summed E-state index contributed by atoms with van der Waals surface area (Å²) in [6, 6.07) is 3.44. The fourth-order valence-electron chi connectivity index (χ4n) is 3.63. The molecule has 8 nitrogen and oxygen atoms in total. The highest BCUT2D eigenvalue weighted by Gasteiger charge is 2.30. The molecular formula is C22H24FN5O3. The second kappa shape index (κ2) is 8.35. The van der Waals surface area contributed by atoms with Crippen LogP contribution in [0.25, 0.3) is 21.9 Å². The topological polar surface area (TPSA) is 122 Å². The van der Waals surface area contributed by atoms with Crippen LogP contribution in [0.3, 0.4) is 0 Å². The number of carbonyl (C=O) groups excluding carboxylic acids is 1. The van der Waals surface area contributed by atoms with Crippen molar-refractivity contribution in [1.29, 1.82) is 0 Å². The van der Waals surface area contributed by atoms with Crippen molar-refractivity contribution < 1.29 is 19.0 Å². The lowest BCUT2D eigenvalue weighted by molar-refractivity contribution is -0.117. The van der Waals surface area contributed by atoms with Gasteiger partial charge < -0.3 is 26.2 Å². The molecule has 9 heteroatoms. The molecule has 0 atom stereocenters. The number of hydrogen-bond acceptors (Lipinski definition) is 7. The molecule has 0 bridgehead atoms. The molecule has 1 amide bonds. The van der Waals surface area contributed by atoms with Crippen LogP contribution < -0.4 is 21.1 Å². The predicted molar refractivity (Wildman–Crippen MR) is 118 cm³/mol. The SMILES string of the molecule is CO.Cc1c(-c2cc3cc(NC(=O)C4CC4)ncc3c(N)c2F)cnc2c1NCCO2. The molecule has 1 aliphatic carbocycles. The van der Waals surface area contributed by atoms with Gasteiger partial charge in [0.2, 0.25) is 11.8 Å². The Kier molecular flexibility index (Phi) is 5.60. The number of nitrogens with two attached hydrogens (primary N) is 1. The third-order valence-electron chi connectivity index (χ3n) is 5.43. The molecule has 5 N–H and O–H groups in total. The first kappa shape index (κ1) is 20.8. The zero-order chi connectivity index (χ0) is 22.1. The summed E-state index contributed by atoms with van der Waals surface area (Å²) in [5, 5.41) is 14.3. The van der Waals surface area contributed by atoms with E-state index in [1.807, 2.05) is 6.92 Å². The van der Waals surface area contributed by atoms with Gasteiger partial charge in [0, 0.05) is 48.5 Å². The number of aliphatic hydroxyl groups is 1. The van der Waals surface area contributed by atoms with Gasteiger partial charge >= 0.3 is 0 Å². The Morgan fingerprint density at radius 2 is 2.03 bits per heavy atom. The van der Waals surface area contributed by atoms with Gasteiger partial charge in [-0.2, -0.15) is 0 Å². The van der Waals surface area contributed by atoms with Gasteiger partial charge in [0.1, 0.15) is 18.1 Å². The van der Waals surface area contributed by atoms with Crippen molar-refractivity contribution in [2.45, 2.75) is 19.8 Å². The predicted octanol–water partition coefficient (Wildman–Crippen LogP) is 3.09. The summed E-state index contributed by atoms with van der Waals surface area (Å²) in [7, 11) is 1.00. The third-order valence-corrected chi connectivity index (χ3v) is 5.43. The average Bonchev–Trinajstić information content (AvgIpc) is 3.64. The van der Waals surface area contributed by atoms with Gasteiger partial charge in [0.15, 0.2) is 5.82 Å². The number of benzene rings is 1. The molecular weight excluding hydrogens is 401 g/mol. The fourth-order valence-corrected chi connectivity index (χ4v) is 3.63. The lowest BCUT2D eigenvalue weighted by Gasteiger charge is -2.22. The van der Waals surface area contributed by atoms with Crippen LogP contribution in [0.4, 0.5) is 21.6 Å². The van der Waals surface area contributed by atoms with Crippen LogP contribution in [0.15, 0.2) is 24.5 Å². The maximum absolute atomic E-state index is 15.2. The number of halogens is 1. The van der Waals surface area contributed by atoms with Crippen LogP contribution in [-0.4, -0.2) is 41.2 Å². The molecule has 1 aliphatic heterocycles. The Morgan fingerprint density at radius 3 is 2.77 bits per heavy atom. The largest absolute Gasteiger partial charge is 0.474 e. The molecule has 1 saturated carbocycles. The van der Waals surface area contributed by atoms with E-state index in [4.69, 9.17) is 15.6 Å². The highest BCUT2D eigenvalue weighted by Crippen LogP contribution is 2.39. The van der Waals surface area contributed by atoms with E-state index in [2.05, 4.69) is 20.6 Å². The number of nitrogens with one attached hydrogen (secondary N) is 2. The van der Waals surface area contributed by atoms with Gasteiger partial charge in [0.25, 0.3) is 0 Å². The molecule has 2 aromatic heterocycles. The number of nitrogens with zero attached hydrogens (tertiary/aromatic N) is 2. The van der Waals surface area contributed by atoms with Crippen LogP contribution in [0.5, 0.6) is 5.88 Å². The van der Waals surface area contributed by atoms with E-state index in [1.165, 1.54) is 6.20 Å². The molecule has 1 aromatic carbocycles. The van der Waals surface area contributed by atoms with Crippen LogP contribution in [0, 0.1) is 18.7 Å². The molecule has 3 heterocycles. The lowest BCUT2D eigenvalue weighted by Crippen LogP contribution is -2.20. The molecule has 31 heavy (non-hydrogen) atoms. The summed E-state index contributed by atoms with van der Waals surface area (Å²) in [6.45, 7) is 3.10. The normalized spacial score (nSPS) is 14.6. The van der Waals surface area contributed by atoms with Crippen molar-refractivity contribution in [2.75, 3.05) is 36.6 Å². The van der Waals surface area contributed by atoms with Crippen LogP contribution >= 0.6 is 0 Å². The van der Waals surface area contributed by atoms with Gasteiger partial charge in [-0.1, -0.05) is 0 Å². The van der Waals surface area contributed by atoms with E-state index in [1.54, 1.807) is 18.3 Å². The number of anilines is 3. The quantitative estimate of drug-likeness (QED) is 0.476. The smallest absolute Gasteiger partial charge is 0.237 e. The molecule has 2 aliphatic rings. The van der Waals surface area contributed by atoms with Crippen LogP contribution in [0.1, 0.15) is 18.4 Å². The van der Waals surface area contributed by atoms with Gasteiger partial charge in [-0.05, 0) is 42.8 Å². The number of pyridine rings is 2. The number of carbonyl (C=O) groups is 1. The fraction of sp³-hybridized carbons (Fsp3) is 0.318. The molecule has 5 rings (SSSR count). The average molecular weight is 425 g/mol. The van der Waals surface area contributed by atoms with E-state index in [-0.39, 0.29) is 17.5 Å². The number of amides is 1. The summed E-state index contributed by atoms with van der Waals surface area (Å²) in [5.74, 6) is 0.464. The maximum atomic E-state index is 15.2. The molecule has 0 spiro atoms. The van der Waals surface area contributed by atoms with Crippen molar-refractivity contribution in [3.05, 3.63) is 35.9 Å². The van der Waals surface area contributed by atoms with E-state index in [0.29, 0.717) is 46.7 Å². The van der Waals surface area contributed by atoms with Gasteiger partial charge in [-0.25, -0.2) is 14.4 Å². The standard InChI is InChI=1S/C21H20FN5O2.CH4O/c1-10-14(8-26-21-19(10)24-4-5-29-21)13-6-12-7-16(27-20(28)11-2-3-11)25-9-15(12)18(23)17(13)22;1-2/h6-9,11,24H,2-5,23H2,1H3,(H,25,27,28);2H,1H3. The summed E-state index contributed by atoms with van der Waals surface area (Å²) in [4.78, 5) is 20.6. The Morgan fingerprint density at radius 1 is 1.26 bits per heavy atom. The zero-order valence-electron chi connectivity index (χ0n) is 17.3.